The molecule has 0 aliphatic heterocycles. The lowest BCUT2D eigenvalue weighted by atomic mass is 10.1. The molecule has 0 aliphatic rings. The molecule has 0 spiro atoms. The molecule has 0 heterocycles. The van der Waals surface area contributed by atoms with Gasteiger partial charge in [0.2, 0.25) is 11.8 Å². The van der Waals surface area contributed by atoms with Gasteiger partial charge in [-0.1, -0.05) is 54.1 Å². The van der Waals surface area contributed by atoms with Crippen LogP contribution in [0.3, 0.4) is 0 Å². The summed E-state index contributed by atoms with van der Waals surface area (Å²) in [4.78, 5) is 27.6. The maximum Gasteiger partial charge on any atom is 0.264 e. The van der Waals surface area contributed by atoms with Crippen LogP contribution in [0.25, 0.3) is 0 Å². The van der Waals surface area contributed by atoms with Gasteiger partial charge >= 0.3 is 0 Å². The molecule has 1 N–H and O–H groups in total. The number of methoxy groups -OCH3 is 1. The number of rotatable bonds is 10. The minimum absolute atomic E-state index is 0.0180. The van der Waals surface area contributed by atoms with Gasteiger partial charge in [-0.15, -0.1) is 0 Å². The van der Waals surface area contributed by atoms with Crippen molar-refractivity contribution in [2.45, 2.75) is 24.4 Å². The van der Waals surface area contributed by atoms with Crippen molar-refractivity contribution in [3.05, 3.63) is 89.4 Å². The van der Waals surface area contributed by atoms with Gasteiger partial charge in [0.1, 0.15) is 18.3 Å². The van der Waals surface area contributed by atoms with Crippen LogP contribution in [0.5, 0.6) is 5.75 Å². The van der Waals surface area contributed by atoms with Gasteiger partial charge in [-0.3, -0.25) is 13.9 Å². The van der Waals surface area contributed by atoms with E-state index in [9.17, 15) is 18.0 Å². The van der Waals surface area contributed by atoms with Crippen LogP contribution >= 0.6 is 11.6 Å². The van der Waals surface area contributed by atoms with Gasteiger partial charge < -0.3 is 15.0 Å². The maximum atomic E-state index is 13.7. The molecule has 2 amide bonds. The van der Waals surface area contributed by atoms with E-state index < -0.39 is 28.5 Å². The standard InChI is InChI=1S/C26H28ClN3O5S/c1-19(26(32)28-2)29(17-20-10-9-11-21(27)16-20)25(31)18-30(23-14-7-8-15-24(23)35-3)36(33,34)22-12-5-4-6-13-22/h4-16,19H,17-18H2,1-3H3,(H,28,32). The van der Waals surface area contributed by atoms with E-state index in [-0.39, 0.29) is 28.8 Å². The summed E-state index contributed by atoms with van der Waals surface area (Å²) < 4.78 is 33.9. The molecule has 36 heavy (non-hydrogen) atoms. The molecule has 190 valence electrons. The van der Waals surface area contributed by atoms with Crippen LogP contribution in [-0.4, -0.2) is 51.9 Å². The second-order valence-corrected chi connectivity index (χ2v) is 10.2. The van der Waals surface area contributed by atoms with Crippen LogP contribution in [-0.2, 0) is 26.2 Å². The number of likely N-dealkylation sites (N-methyl/N-ethyl adjacent to an activating group) is 1. The molecule has 1 atom stereocenters. The third-order valence-corrected chi connectivity index (χ3v) is 7.63. The molecule has 0 aliphatic carbocycles. The minimum Gasteiger partial charge on any atom is -0.495 e. The number of carbonyl (C=O) groups is 2. The van der Waals surface area contributed by atoms with Crippen LogP contribution < -0.4 is 14.4 Å². The highest BCUT2D eigenvalue weighted by Gasteiger charge is 2.33. The minimum atomic E-state index is -4.16. The first-order chi connectivity index (χ1) is 17.2. The number of para-hydroxylation sites is 2. The fraction of sp³-hybridized carbons (Fsp3) is 0.231. The third-order valence-electron chi connectivity index (χ3n) is 5.62. The summed E-state index contributed by atoms with van der Waals surface area (Å²) in [6.45, 7) is 1.08. The molecule has 0 saturated carbocycles. The van der Waals surface area contributed by atoms with E-state index in [0.29, 0.717) is 10.6 Å². The van der Waals surface area contributed by atoms with Gasteiger partial charge in [0.15, 0.2) is 0 Å². The fourth-order valence-corrected chi connectivity index (χ4v) is 5.35. The zero-order valence-electron chi connectivity index (χ0n) is 20.2. The predicted molar refractivity (Wildman–Crippen MR) is 139 cm³/mol. The number of nitrogens with zero attached hydrogens (tertiary/aromatic N) is 2. The van der Waals surface area contributed by atoms with Crippen molar-refractivity contribution >= 4 is 39.1 Å². The predicted octanol–water partition coefficient (Wildman–Crippen LogP) is 3.71. The number of sulfonamides is 1. The van der Waals surface area contributed by atoms with Crippen LogP contribution in [0, 0.1) is 0 Å². The molecule has 0 saturated heterocycles. The zero-order chi connectivity index (χ0) is 26.3. The second kappa shape index (κ2) is 11.9. The number of hydrogen-bond acceptors (Lipinski definition) is 5. The van der Waals surface area contributed by atoms with Crippen molar-refractivity contribution in [2.75, 3.05) is 25.0 Å². The first kappa shape index (κ1) is 27.0. The average molecular weight is 530 g/mol. The lowest BCUT2D eigenvalue weighted by Gasteiger charge is -2.32. The van der Waals surface area contributed by atoms with E-state index in [0.717, 1.165) is 4.31 Å². The number of amides is 2. The van der Waals surface area contributed by atoms with Crippen LogP contribution in [0.2, 0.25) is 5.02 Å². The van der Waals surface area contributed by atoms with Gasteiger partial charge in [0, 0.05) is 18.6 Å². The summed E-state index contributed by atoms with van der Waals surface area (Å²) in [5, 5.41) is 3.03. The first-order valence-electron chi connectivity index (χ1n) is 11.2. The molecule has 3 aromatic rings. The Morgan fingerprint density at radius 1 is 1.00 bits per heavy atom. The smallest absolute Gasteiger partial charge is 0.264 e. The van der Waals surface area contributed by atoms with Crippen molar-refractivity contribution in [3.63, 3.8) is 0 Å². The normalized spacial score (nSPS) is 11.9. The molecule has 1 unspecified atom stereocenters. The Morgan fingerprint density at radius 3 is 2.31 bits per heavy atom. The molecule has 3 aromatic carbocycles. The maximum absolute atomic E-state index is 13.7. The summed E-state index contributed by atoms with van der Waals surface area (Å²) in [7, 11) is -1.26. The van der Waals surface area contributed by atoms with Crippen molar-refractivity contribution < 1.29 is 22.7 Å². The molecule has 0 radical (unpaired) electrons. The summed E-state index contributed by atoms with van der Waals surface area (Å²) >= 11 is 6.12. The Kier molecular flexibility index (Phi) is 8.95. The molecule has 0 bridgehead atoms. The second-order valence-electron chi connectivity index (χ2n) is 7.94. The van der Waals surface area contributed by atoms with Gasteiger partial charge in [0.25, 0.3) is 10.0 Å². The van der Waals surface area contributed by atoms with Crippen LogP contribution in [0.15, 0.2) is 83.8 Å². The van der Waals surface area contributed by atoms with Crippen LogP contribution in [0.4, 0.5) is 5.69 Å². The summed E-state index contributed by atoms with van der Waals surface area (Å²) in [5.74, 6) is -0.679. The number of carbonyl (C=O) groups excluding carboxylic acids is 2. The Morgan fingerprint density at radius 2 is 1.67 bits per heavy atom. The molecule has 3 rings (SSSR count). The summed E-state index contributed by atoms with van der Waals surface area (Å²) in [5.41, 5.74) is 0.897. The lowest BCUT2D eigenvalue weighted by Crippen LogP contribution is -2.50. The monoisotopic (exact) mass is 529 g/mol. The molecular weight excluding hydrogens is 502 g/mol. The molecule has 0 fully saturated rings. The zero-order valence-corrected chi connectivity index (χ0v) is 21.8. The fourth-order valence-electron chi connectivity index (χ4n) is 3.69. The highest BCUT2D eigenvalue weighted by Crippen LogP contribution is 2.32. The topological polar surface area (TPSA) is 96.0 Å². The number of hydrogen-bond donors (Lipinski definition) is 1. The Labute approximate surface area is 216 Å². The van der Waals surface area contributed by atoms with E-state index in [1.54, 1.807) is 73.7 Å². The highest BCUT2D eigenvalue weighted by atomic mass is 35.5. The van der Waals surface area contributed by atoms with E-state index >= 15 is 0 Å². The number of nitrogens with one attached hydrogen (secondary N) is 1. The van der Waals surface area contributed by atoms with E-state index in [1.807, 2.05) is 0 Å². The van der Waals surface area contributed by atoms with Gasteiger partial charge in [0.05, 0.1) is 17.7 Å². The average Bonchev–Trinajstić information content (AvgIpc) is 2.89. The Balaban J connectivity index is 2.06. The van der Waals surface area contributed by atoms with E-state index in [2.05, 4.69) is 5.32 Å². The highest BCUT2D eigenvalue weighted by molar-refractivity contribution is 7.92. The van der Waals surface area contributed by atoms with Gasteiger partial charge in [-0.05, 0) is 48.9 Å². The van der Waals surface area contributed by atoms with Gasteiger partial charge in [-0.25, -0.2) is 8.42 Å². The number of ether oxygens (including phenoxy) is 1. The summed E-state index contributed by atoms with van der Waals surface area (Å²) in [6.07, 6.45) is 0. The molecule has 0 aromatic heterocycles. The summed E-state index contributed by atoms with van der Waals surface area (Å²) in [6, 6.07) is 20.4. The molecular formula is C26H28ClN3O5S. The number of benzene rings is 3. The quantitative estimate of drug-likeness (QED) is 0.432. The third kappa shape index (κ3) is 6.16. The van der Waals surface area contributed by atoms with Crippen LogP contribution in [0.1, 0.15) is 12.5 Å². The number of anilines is 1. The van der Waals surface area contributed by atoms with Gasteiger partial charge in [-0.2, -0.15) is 0 Å². The van der Waals surface area contributed by atoms with Crippen molar-refractivity contribution in [1.82, 2.24) is 10.2 Å². The largest absolute Gasteiger partial charge is 0.495 e. The molecule has 8 nitrogen and oxygen atoms in total. The molecule has 10 heteroatoms. The lowest BCUT2D eigenvalue weighted by molar-refractivity contribution is -0.139. The SMILES string of the molecule is CNC(=O)C(C)N(Cc1cccc(Cl)c1)C(=O)CN(c1ccccc1OC)S(=O)(=O)c1ccccc1. The van der Waals surface area contributed by atoms with E-state index in [4.69, 9.17) is 16.3 Å². The van der Waals surface area contributed by atoms with E-state index in [1.165, 1.54) is 31.2 Å². The Hall–Kier alpha value is -3.56. The first-order valence-corrected chi connectivity index (χ1v) is 13.0. The Bertz CT molecular complexity index is 1320. The van der Waals surface area contributed by atoms with Crippen molar-refractivity contribution in [1.29, 1.82) is 0 Å². The van der Waals surface area contributed by atoms with Crippen molar-refractivity contribution in [3.8, 4) is 5.75 Å². The number of halogens is 1. The van der Waals surface area contributed by atoms with Crippen molar-refractivity contribution in [2.24, 2.45) is 0 Å².